The number of hydrogen-bond donors (Lipinski definition) is 1. The van der Waals surface area contributed by atoms with Gasteiger partial charge in [-0.3, -0.25) is 0 Å². The summed E-state index contributed by atoms with van der Waals surface area (Å²) in [4.78, 5) is 0. The first kappa shape index (κ1) is 5.83. The molecule has 0 aromatic heterocycles. The maximum absolute atomic E-state index is 9.12. The summed E-state index contributed by atoms with van der Waals surface area (Å²) < 4.78 is 0. The minimum absolute atomic E-state index is 0.111. The zero-order chi connectivity index (χ0) is 5.98. The third-order valence-corrected chi connectivity index (χ3v) is 1.74. The number of aliphatic hydroxyl groups is 1. The van der Waals surface area contributed by atoms with Crippen molar-refractivity contribution in [2.75, 3.05) is 0 Å². The lowest BCUT2D eigenvalue weighted by molar-refractivity contribution is 0.218. The van der Waals surface area contributed by atoms with Crippen molar-refractivity contribution in [3.05, 3.63) is 11.6 Å². The lowest BCUT2D eigenvalue weighted by Gasteiger charge is -1.99. The number of allylic oxidation sites excluding steroid dienone is 1. The van der Waals surface area contributed by atoms with Gasteiger partial charge < -0.3 is 5.11 Å². The molecular formula is C7H12O. The fourth-order valence-corrected chi connectivity index (χ4v) is 1.19. The Morgan fingerprint density at radius 3 is 2.75 bits per heavy atom. The Morgan fingerprint density at radius 2 is 2.50 bits per heavy atom. The van der Waals surface area contributed by atoms with E-state index < -0.39 is 0 Å². The second-order valence-corrected chi connectivity index (χ2v) is 2.27. The van der Waals surface area contributed by atoms with Crippen LogP contribution in [0.5, 0.6) is 0 Å². The van der Waals surface area contributed by atoms with Crippen molar-refractivity contribution in [3.63, 3.8) is 0 Å². The Kier molecular flexibility index (Phi) is 1.69. The Hall–Kier alpha value is -0.300. The van der Waals surface area contributed by atoms with Crippen LogP contribution in [0.4, 0.5) is 0 Å². The lowest BCUT2D eigenvalue weighted by atomic mass is 10.2. The van der Waals surface area contributed by atoms with E-state index in [0.29, 0.717) is 0 Å². The van der Waals surface area contributed by atoms with Gasteiger partial charge >= 0.3 is 0 Å². The molecule has 46 valence electrons. The molecule has 0 amide bonds. The molecular weight excluding hydrogens is 100 g/mol. The van der Waals surface area contributed by atoms with E-state index in [2.05, 4.69) is 0 Å². The van der Waals surface area contributed by atoms with Gasteiger partial charge in [0.1, 0.15) is 0 Å². The van der Waals surface area contributed by atoms with Gasteiger partial charge in [0.25, 0.3) is 0 Å². The second kappa shape index (κ2) is 2.31. The molecule has 1 fully saturated rings. The topological polar surface area (TPSA) is 20.2 Å². The molecule has 1 N–H and O–H groups in total. The molecule has 8 heavy (non-hydrogen) atoms. The standard InChI is InChI=1S/C7H12O/c1-2-6-4-3-5-7(6)8/h2,7-8H,3-5H2,1H3/t7-/m1/s1. The monoisotopic (exact) mass is 112 g/mol. The molecule has 1 atom stereocenters. The van der Waals surface area contributed by atoms with E-state index in [-0.39, 0.29) is 6.10 Å². The average Bonchev–Trinajstić information content (AvgIpc) is 2.14. The third kappa shape index (κ3) is 0.920. The van der Waals surface area contributed by atoms with Crippen LogP contribution >= 0.6 is 0 Å². The zero-order valence-corrected chi connectivity index (χ0v) is 5.22. The fourth-order valence-electron chi connectivity index (χ4n) is 1.19. The molecule has 0 spiro atoms. The third-order valence-electron chi connectivity index (χ3n) is 1.74. The average molecular weight is 112 g/mol. The molecule has 1 rings (SSSR count). The first-order valence-electron chi connectivity index (χ1n) is 3.17. The lowest BCUT2D eigenvalue weighted by Crippen LogP contribution is -1.99. The van der Waals surface area contributed by atoms with Crippen molar-refractivity contribution in [1.82, 2.24) is 0 Å². The van der Waals surface area contributed by atoms with E-state index in [1.54, 1.807) is 0 Å². The van der Waals surface area contributed by atoms with Gasteiger partial charge in [0.05, 0.1) is 6.10 Å². The summed E-state index contributed by atoms with van der Waals surface area (Å²) in [6, 6.07) is 0. The smallest absolute Gasteiger partial charge is 0.0750 e. The minimum atomic E-state index is -0.111. The van der Waals surface area contributed by atoms with Crippen LogP contribution in [0.3, 0.4) is 0 Å². The van der Waals surface area contributed by atoms with E-state index in [0.717, 1.165) is 12.8 Å². The van der Waals surface area contributed by atoms with Crippen molar-refractivity contribution in [1.29, 1.82) is 0 Å². The predicted octanol–water partition coefficient (Wildman–Crippen LogP) is 1.48. The van der Waals surface area contributed by atoms with E-state index in [1.807, 2.05) is 13.0 Å². The fraction of sp³-hybridized carbons (Fsp3) is 0.714. The van der Waals surface area contributed by atoms with Crippen LogP contribution in [0.15, 0.2) is 11.6 Å². The van der Waals surface area contributed by atoms with Gasteiger partial charge in [0, 0.05) is 0 Å². The van der Waals surface area contributed by atoms with E-state index >= 15 is 0 Å². The van der Waals surface area contributed by atoms with Gasteiger partial charge in [0.2, 0.25) is 0 Å². The maximum atomic E-state index is 9.12. The molecule has 1 saturated carbocycles. The summed E-state index contributed by atoms with van der Waals surface area (Å²) in [7, 11) is 0. The largest absolute Gasteiger partial charge is 0.389 e. The molecule has 0 aliphatic heterocycles. The normalized spacial score (nSPS) is 34.2. The Morgan fingerprint density at radius 1 is 1.75 bits per heavy atom. The van der Waals surface area contributed by atoms with Crippen LogP contribution < -0.4 is 0 Å². The predicted molar refractivity (Wildman–Crippen MR) is 33.6 cm³/mol. The molecule has 0 bridgehead atoms. The van der Waals surface area contributed by atoms with Gasteiger partial charge in [-0.25, -0.2) is 0 Å². The molecule has 1 heteroatoms. The first-order valence-corrected chi connectivity index (χ1v) is 3.17. The highest BCUT2D eigenvalue weighted by Gasteiger charge is 2.15. The molecule has 0 saturated heterocycles. The summed E-state index contributed by atoms with van der Waals surface area (Å²) >= 11 is 0. The summed E-state index contributed by atoms with van der Waals surface area (Å²) in [6.07, 6.45) is 5.16. The molecule has 0 heterocycles. The van der Waals surface area contributed by atoms with Gasteiger partial charge in [-0.2, -0.15) is 0 Å². The summed E-state index contributed by atoms with van der Waals surface area (Å²) in [6.45, 7) is 1.99. The van der Waals surface area contributed by atoms with Crippen LogP contribution in [-0.2, 0) is 0 Å². The summed E-state index contributed by atoms with van der Waals surface area (Å²) in [5.41, 5.74) is 1.23. The second-order valence-electron chi connectivity index (χ2n) is 2.27. The van der Waals surface area contributed by atoms with Gasteiger partial charge in [0.15, 0.2) is 0 Å². The van der Waals surface area contributed by atoms with Crippen molar-refractivity contribution in [2.24, 2.45) is 0 Å². The molecule has 0 unspecified atom stereocenters. The SMILES string of the molecule is CC=C1CCC[C@H]1O. The number of hydrogen-bond acceptors (Lipinski definition) is 1. The van der Waals surface area contributed by atoms with Gasteiger partial charge in [-0.05, 0) is 31.8 Å². The van der Waals surface area contributed by atoms with Crippen LogP contribution in [0.2, 0.25) is 0 Å². The van der Waals surface area contributed by atoms with E-state index in [9.17, 15) is 0 Å². The van der Waals surface area contributed by atoms with Crippen LogP contribution in [0.25, 0.3) is 0 Å². The van der Waals surface area contributed by atoms with E-state index in [1.165, 1.54) is 12.0 Å². The summed E-state index contributed by atoms with van der Waals surface area (Å²) in [5.74, 6) is 0. The van der Waals surface area contributed by atoms with Crippen LogP contribution in [0.1, 0.15) is 26.2 Å². The van der Waals surface area contributed by atoms with Crippen LogP contribution in [0, 0.1) is 0 Å². The number of aliphatic hydroxyl groups excluding tert-OH is 1. The molecule has 0 aromatic carbocycles. The van der Waals surface area contributed by atoms with Crippen molar-refractivity contribution in [2.45, 2.75) is 32.3 Å². The first-order chi connectivity index (χ1) is 3.84. The highest BCUT2D eigenvalue weighted by atomic mass is 16.3. The molecule has 0 radical (unpaired) electrons. The molecule has 1 aliphatic carbocycles. The zero-order valence-electron chi connectivity index (χ0n) is 5.22. The molecule has 1 aliphatic rings. The Balaban J connectivity index is 2.55. The summed E-state index contributed by atoms with van der Waals surface area (Å²) in [5, 5.41) is 9.12. The van der Waals surface area contributed by atoms with Crippen LogP contribution in [-0.4, -0.2) is 11.2 Å². The number of rotatable bonds is 0. The molecule has 0 aromatic rings. The maximum Gasteiger partial charge on any atom is 0.0750 e. The van der Waals surface area contributed by atoms with E-state index in [4.69, 9.17) is 5.11 Å². The van der Waals surface area contributed by atoms with Crippen molar-refractivity contribution in [3.8, 4) is 0 Å². The minimum Gasteiger partial charge on any atom is -0.389 e. The van der Waals surface area contributed by atoms with Gasteiger partial charge in [-0.15, -0.1) is 0 Å². The highest BCUT2D eigenvalue weighted by Crippen LogP contribution is 2.23. The quantitative estimate of drug-likeness (QED) is 0.470. The van der Waals surface area contributed by atoms with Crippen molar-refractivity contribution < 1.29 is 5.11 Å². The van der Waals surface area contributed by atoms with Crippen molar-refractivity contribution >= 4 is 0 Å². The Bertz CT molecular complexity index is 105. The van der Waals surface area contributed by atoms with Gasteiger partial charge in [-0.1, -0.05) is 6.08 Å². The molecule has 1 nitrogen and oxygen atoms in total. The highest BCUT2D eigenvalue weighted by molar-refractivity contribution is 5.10. The Labute approximate surface area is 50.0 Å².